The van der Waals surface area contributed by atoms with Crippen molar-refractivity contribution < 1.29 is 17.6 Å². The SMILES string of the molecule is C/C=C/CCc1cc(F)c(C2CCc3cc(F)c(F)cc3C2)c(F)c1. The maximum Gasteiger partial charge on any atom is 0.159 e. The van der Waals surface area contributed by atoms with Crippen LogP contribution in [0, 0.1) is 23.3 Å². The Bertz CT molecular complexity index is 785. The van der Waals surface area contributed by atoms with E-state index in [9.17, 15) is 17.6 Å². The average Bonchev–Trinajstić information content (AvgIpc) is 2.56. The fourth-order valence-electron chi connectivity index (χ4n) is 3.58. The van der Waals surface area contributed by atoms with Crippen LogP contribution in [0.2, 0.25) is 0 Å². The van der Waals surface area contributed by atoms with E-state index in [2.05, 4.69) is 0 Å². The molecule has 0 spiro atoms. The first-order valence-corrected chi connectivity index (χ1v) is 8.55. The standard InChI is InChI=1S/C21H20F4/c1-2-3-4-5-13-8-19(24)21(20(25)9-13)15-7-6-14-11-17(22)18(23)12-16(14)10-15/h2-3,8-9,11-12,15H,4-7,10H2,1H3/b3-2+. The minimum Gasteiger partial charge on any atom is -0.207 e. The van der Waals surface area contributed by atoms with Gasteiger partial charge < -0.3 is 0 Å². The molecule has 25 heavy (non-hydrogen) atoms. The van der Waals surface area contributed by atoms with E-state index in [1.54, 1.807) is 0 Å². The number of hydrogen-bond donors (Lipinski definition) is 0. The lowest BCUT2D eigenvalue weighted by Gasteiger charge is -2.26. The van der Waals surface area contributed by atoms with Crippen LogP contribution in [0.4, 0.5) is 17.6 Å². The average molecular weight is 348 g/mol. The highest BCUT2D eigenvalue weighted by Gasteiger charge is 2.27. The zero-order chi connectivity index (χ0) is 18.0. The molecular weight excluding hydrogens is 328 g/mol. The Hall–Kier alpha value is -2.10. The third kappa shape index (κ3) is 3.78. The number of rotatable bonds is 4. The summed E-state index contributed by atoms with van der Waals surface area (Å²) < 4.78 is 55.9. The number of allylic oxidation sites excluding steroid dienone is 2. The largest absolute Gasteiger partial charge is 0.207 e. The number of benzene rings is 2. The van der Waals surface area contributed by atoms with Crippen molar-refractivity contribution in [2.24, 2.45) is 0 Å². The van der Waals surface area contributed by atoms with E-state index in [0.717, 1.165) is 18.1 Å². The molecule has 0 saturated heterocycles. The topological polar surface area (TPSA) is 0 Å². The quantitative estimate of drug-likeness (QED) is 0.468. The van der Waals surface area contributed by atoms with Gasteiger partial charge in [0, 0.05) is 5.56 Å². The van der Waals surface area contributed by atoms with Crippen LogP contribution in [0.5, 0.6) is 0 Å². The first kappa shape index (κ1) is 17.7. The summed E-state index contributed by atoms with van der Waals surface area (Å²) in [5.41, 5.74) is 2.04. The third-order valence-electron chi connectivity index (χ3n) is 4.85. The molecule has 0 radical (unpaired) electrons. The molecule has 1 aliphatic rings. The fourth-order valence-corrected chi connectivity index (χ4v) is 3.58. The lowest BCUT2D eigenvalue weighted by Crippen LogP contribution is -2.16. The zero-order valence-corrected chi connectivity index (χ0v) is 14.1. The van der Waals surface area contributed by atoms with E-state index in [1.165, 1.54) is 18.2 Å². The Kier molecular flexibility index (Phi) is 5.26. The van der Waals surface area contributed by atoms with Gasteiger partial charge in [-0.2, -0.15) is 0 Å². The molecule has 132 valence electrons. The first-order valence-electron chi connectivity index (χ1n) is 8.55. The summed E-state index contributed by atoms with van der Waals surface area (Å²) in [6.45, 7) is 1.90. The summed E-state index contributed by atoms with van der Waals surface area (Å²) in [6, 6.07) is 5.13. The molecule has 0 fully saturated rings. The fraction of sp³-hybridized carbons (Fsp3) is 0.333. The molecule has 0 N–H and O–H groups in total. The van der Waals surface area contributed by atoms with E-state index in [1.807, 2.05) is 19.1 Å². The van der Waals surface area contributed by atoms with E-state index in [4.69, 9.17) is 0 Å². The molecular formula is C21H20F4. The van der Waals surface area contributed by atoms with Crippen LogP contribution in [-0.2, 0) is 19.3 Å². The highest BCUT2D eigenvalue weighted by molar-refractivity contribution is 5.37. The van der Waals surface area contributed by atoms with Gasteiger partial charge in [-0.15, -0.1) is 0 Å². The van der Waals surface area contributed by atoms with Gasteiger partial charge in [0.1, 0.15) is 11.6 Å². The van der Waals surface area contributed by atoms with Crippen molar-refractivity contribution in [1.29, 1.82) is 0 Å². The predicted octanol–water partition coefficient (Wildman–Crippen LogP) is 6.02. The van der Waals surface area contributed by atoms with Crippen molar-refractivity contribution in [3.8, 4) is 0 Å². The highest BCUT2D eigenvalue weighted by Crippen LogP contribution is 2.36. The molecule has 0 nitrogen and oxygen atoms in total. The van der Waals surface area contributed by atoms with E-state index >= 15 is 0 Å². The summed E-state index contributed by atoms with van der Waals surface area (Å²) in [6.07, 6.45) is 6.49. The van der Waals surface area contributed by atoms with Gasteiger partial charge in [0.2, 0.25) is 0 Å². The lowest BCUT2D eigenvalue weighted by molar-refractivity contribution is 0.476. The molecule has 2 aromatic carbocycles. The molecule has 1 aliphatic carbocycles. The molecule has 0 heterocycles. The van der Waals surface area contributed by atoms with Crippen LogP contribution < -0.4 is 0 Å². The highest BCUT2D eigenvalue weighted by atomic mass is 19.2. The van der Waals surface area contributed by atoms with Gasteiger partial charge >= 0.3 is 0 Å². The van der Waals surface area contributed by atoms with E-state index in [-0.39, 0.29) is 11.5 Å². The Morgan fingerprint density at radius 2 is 1.56 bits per heavy atom. The summed E-state index contributed by atoms with van der Waals surface area (Å²) in [4.78, 5) is 0. The maximum absolute atomic E-state index is 14.5. The minimum absolute atomic E-state index is 0.0603. The van der Waals surface area contributed by atoms with Crippen LogP contribution in [-0.4, -0.2) is 0 Å². The molecule has 0 amide bonds. The second-order valence-electron chi connectivity index (χ2n) is 6.56. The molecule has 3 rings (SSSR count). The molecule has 1 atom stereocenters. The molecule has 4 heteroatoms. The molecule has 0 bridgehead atoms. The Balaban J connectivity index is 1.86. The van der Waals surface area contributed by atoms with Crippen molar-refractivity contribution in [3.63, 3.8) is 0 Å². The van der Waals surface area contributed by atoms with Crippen LogP contribution >= 0.6 is 0 Å². The van der Waals surface area contributed by atoms with Gasteiger partial charge in [-0.05, 0) is 85.9 Å². The summed E-state index contributed by atoms with van der Waals surface area (Å²) in [7, 11) is 0. The molecule has 0 aliphatic heterocycles. The van der Waals surface area contributed by atoms with Crippen molar-refractivity contribution in [2.75, 3.05) is 0 Å². The van der Waals surface area contributed by atoms with Crippen LogP contribution in [0.25, 0.3) is 0 Å². The number of halogens is 4. The van der Waals surface area contributed by atoms with E-state index < -0.39 is 23.3 Å². The van der Waals surface area contributed by atoms with Crippen LogP contribution in [0.15, 0.2) is 36.4 Å². The number of fused-ring (bicyclic) bond motifs is 1. The second kappa shape index (κ2) is 7.42. The summed E-state index contributed by atoms with van der Waals surface area (Å²) in [5.74, 6) is -3.25. The van der Waals surface area contributed by atoms with Gasteiger partial charge in [-0.3, -0.25) is 0 Å². The number of aryl methyl sites for hydroxylation is 2. The van der Waals surface area contributed by atoms with E-state index in [0.29, 0.717) is 36.8 Å². The third-order valence-corrected chi connectivity index (χ3v) is 4.85. The Labute approximate surface area is 145 Å². The molecule has 2 aromatic rings. The Morgan fingerprint density at radius 3 is 2.20 bits per heavy atom. The first-order chi connectivity index (χ1) is 12.0. The van der Waals surface area contributed by atoms with Gasteiger partial charge in [-0.25, -0.2) is 17.6 Å². The van der Waals surface area contributed by atoms with Gasteiger partial charge in [-0.1, -0.05) is 12.2 Å². The maximum atomic E-state index is 14.5. The predicted molar refractivity (Wildman–Crippen MR) is 90.6 cm³/mol. The lowest BCUT2D eigenvalue weighted by atomic mass is 9.79. The zero-order valence-electron chi connectivity index (χ0n) is 14.1. The van der Waals surface area contributed by atoms with Gasteiger partial charge in [0.05, 0.1) is 0 Å². The Morgan fingerprint density at radius 1 is 0.920 bits per heavy atom. The van der Waals surface area contributed by atoms with Gasteiger partial charge in [0.15, 0.2) is 11.6 Å². The second-order valence-corrected chi connectivity index (χ2v) is 6.56. The van der Waals surface area contributed by atoms with Gasteiger partial charge in [0.25, 0.3) is 0 Å². The van der Waals surface area contributed by atoms with Crippen LogP contribution in [0.3, 0.4) is 0 Å². The normalized spacial score (nSPS) is 17.1. The number of hydrogen-bond acceptors (Lipinski definition) is 0. The summed E-state index contributed by atoms with van der Waals surface area (Å²) >= 11 is 0. The molecule has 0 saturated carbocycles. The van der Waals surface area contributed by atoms with Crippen molar-refractivity contribution >= 4 is 0 Å². The van der Waals surface area contributed by atoms with Crippen molar-refractivity contribution in [1.82, 2.24) is 0 Å². The smallest absolute Gasteiger partial charge is 0.159 e. The minimum atomic E-state index is -0.917. The molecule has 1 unspecified atom stereocenters. The molecule has 0 aromatic heterocycles. The summed E-state index contributed by atoms with van der Waals surface area (Å²) in [5, 5.41) is 0. The van der Waals surface area contributed by atoms with Crippen molar-refractivity contribution in [2.45, 2.75) is 44.9 Å². The van der Waals surface area contributed by atoms with Crippen LogP contribution in [0.1, 0.15) is 47.9 Å². The van der Waals surface area contributed by atoms with Crippen molar-refractivity contribution in [3.05, 3.63) is 81.9 Å². The monoisotopic (exact) mass is 348 g/mol.